The number of halogens is 2. The zero-order valence-electron chi connectivity index (χ0n) is 12.9. The third kappa shape index (κ3) is 3.63. The molecule has 0 saturated heterocycles. The van der Waals surface area contributed by atoms with Crippen LogP contribution in [0.1, 0.15) is 22.5 Å². The minimum atomic E-state index is -0.209. The number of benzene rings is 1. The minimum absolute atomic E-state index is 0.138. The Hall–Kier alpha value is -1.39. The van der Waals surface area contributed by atoms with E-state index in [1.165, 1.54) is 11.6 Å². The molecule has 0 saturated carbocycles. The van der Waals surface area contributed by atoms with Gasteiger partial charge in [0.15, 0.2) is 0 Å². The molecule has 1 aromatic heterocycles. The van der Waals surface area contributed by atoms with Crippen LogP contribution in [0.3, 0.4) is 0 Å². The fourth-order valence-corrected chi connectivity index (χ4v) is 2.80. The van der Waals surface area contributed by atoms with Crippen molar-refractivity contribution in [3.05, 3.63) is 51.6 Å². The van der Waals surface area contributed by atoms with E-state index < -0.39 is 0 Å². The molecule has 0 aliphatic heterocycles. The molecule has 5 heteroatoms. The molecule has 0 aliphatic carbocycles. The lowest BCUT2D eigenvalue weighted by Crippen LogP contribution is -2.30. The van der Waals surface area contributed by atoms with Crippen LogP contribution in [0, 0.1) is 19.7 Å². The molecule has 0 aliphatic rings. The van der Waals surface area contributed by atoms with E-state index in [4.69, 9.17) is 11.6 Å². The van der Waals surface area contributed by atoms with Crippen molar-refractivity contribution in [2.75, 3.05) is 7.05 Å². The molecule has 2 aromatic rings. The van der Waals surface area contributed by atoms with E-state index in [2.05, 4.69) is 17.3 Å². The molecule has 114 valence electrons. The van der Waals surface area contributed by atoms with Crippen molar-refractivity contribution in [3.63, 3.8) is 0 Å². The lowest BCUT2D eigenvalue weighted by atomic mass is 9.97. The average Bonchev–Trinajstić information content (AvgIpc) is 2.68. The smallest absolute Gasteiger partial charge is 0.126 e. The highest BCUT2D eigenvalue weighted by atomic mass is 35.5. The van der Waals surface area contributed by atoms with Crippen LogP contribution in [-0.2, 0) is 19.9 Å². The van der Waals surface area contributed by atoms with Crippen LogP contribution in [0.4, 0.5) is 4.39 Å². The summed E-state index contributed by atoms with van der Waals surface area (Å²) in [6.07, 6.45) is 1.41. The molecule has 3 nitrogen and oxygen atoms in total. The molecule has 1 unspecified atom stereocenters. The number of aromatic nitrogens is 2. The molecule has 21 heavy (non-hydrogen) atoms. The molecule has 2 rings (SSSR count). The molecule has 1 N–H and O–H groups in total. The average molecular weight is 310 g/mol. The summed E-state index contributed by atoms with van der Waals surface area (Å²) in [5, 5.41) is 8.26. The zero-order valence-corrected chi connectivity index (χ0v) is 13.6. The summed E-state index contributed by atoms with van der Waals surface area (Å²) in [6.45, 7) is 4.07. The lowest BCUT2D eigenvalue weighted by molar-refractivity contribution is 0.530. The Bertz CT molecular complexity index is 637. The normalized spacial score (nSPS) is 12.7. The van der Waals surface area contributed by atoms with Crippen LogP contribution in [0.15, 0.2) is 18.2 Å². The molecule has 1 aromatic carbocycles. The van der Waals surface area contributed by atoms with Crippen LogP contribution in [-0.4, -0.2) is 22.9 Å². The highest BCUT2D eigenvalue weighted by Gasteiger charge is 2.17. The number of likely N-dealkylation sites (N-methyl/N-ethyl adjacent to an activating group) is 1. The number of nitrogens with zero attached hydrogens (tertiary/aromatic N) is 2. The molecule has 1 atom stereocenters. The van der Waals surface area contributed by atoms with Gasteiger partial charge < -0.3 is 5.32 Å². The predicted octanol–water partition coefficient (Wildman–Crippen LogP) is 3.20. The van der Waals surface area contributed by atoms with Crippen molar-refractivity contribution < 1.29 is 4.39 Å². The first-order valence-corrected chi connectivity index (χ1v) is 7.40. The largest absolute Gasteiger partial charge is 0.316 e. The SMILES string of the molecule is CNC(Cc1cc(Cl)ccc1F)Cc1c(C)nn(C)c1C. The van der Waals surface area contributed by atoms with E-state index >= 15 is 0 Å². The van der Waals surface area contributed by atoms with Crippen molar-refractivity contribution >= 4 is 11.6 Å². The lowest BCUT2D eigenvalue weighted by Gasteiger charge is -2.17. The van der Waals surface area contributed by atoms with E-state index in [0.29, 0.717) is 17.0 Å². The first-order chi connectivity index (χ1) is 9.92. The van der Waals surface area contributed by atoms with Gasteiger partial charge in [0, 0.05) is 23.8 Å². The maximum atomic E-state index is 13.9. The maximum absolute atomic E-state index is 13.9. The van der Waals surface area contributed by atoms with Gasteiger partial charge in [-0.3, -0.25) is 4.68 Å². The zero-order chi connectivity index (χ0) is 15.6. The summed E-state index contributed by atoms with van der Waals surface area (Å²) in [4.78, 5) is 0. The van der Waals surface area contributed by atoms with Gasteiger partial charge in [-0.25, -0.2) is 4.39 Å². The van der Waals surface area contributed by atoms with Crippen molar-refractivity contribution in [3.8, 4) is 0 Å². The summed E-state index contributed by atoms with van der Waals surface area (Å²) in [5.74, 6) is -0.209. The Kier molecular flexibility index (Phi) is 5.01. The Labute approximate surface area is 130 Å². The van der Waals surface area contributed by atoms with Crippen LogP contribution < -0.4 is 5.32 Å². The predicted molar refractivity (Wildman–Crippen MR) is 84.3 cm³/mol. The molecular weight excluding hydrogens is 289 g/mol. The van der Waals surface area contributed by atoms with Gasteiger partial charge in [0.1, 0.15) is 5.82 Å². The highest BCUT2D eigenvalue weighted by molar-refractivity contribution is 6.30. The fraction of sp³-hybridized carbons (Fsp3) is 0.438. The van der Waals surface area contributed by atoms with Gasteiger partial charge in [0.25, 0.3) is 0 Å². The van der Waals surface area contributed by atoms with Gasteiger partial charge in [-0.2, -0.15) is 5.10 Å². The molecule has 0 bridgehead atoms. The Morgan fingerprint density at radius 3 is 2.62 bits per heavy atom. The van der Waals surface area contributed by atoms with Gasteiger partial charge in [0.05, 0.1) is 5.69 Å². The monoisotopic (exact) mass is 309 g/mol. The summed E-state index contributed by atoms with van der Waals surface area (Å²) >= 11 is 5.96. The number of hydrogen-bond acceptors (Lipinski definition) is 2. The third-order valence-corrected chi connectivity index (χ3v) is 4.23. The second kappa shape index (κ2) is 6.58. The fourth-order valence-electron chi connectivity index (χ4n) is 2.60. The van der Waals surface area contributed by atoms with Crippen LogP contribution >= 0.6 is 11.6 Å². The third-order valence-electron chi connectivity index (χ3n) is 3.99. The van der Waals surface area contributed by atoms with Gasteiger partial charge in [-0.1, -0.05) is 11.6 Å². The second-order valence-electron chi connectivity index (χ2n) is 5.40. The van der Waals surface area contributed by atoms with E-state index in [1.54, 1.807) is 12.1 Å². The van der Waals surface area contributed by atoms with Crippen molar-refractivity contribution in [2.24, 2.45) is 7.05 Å². The molecular formula is C16H21ClFN3. The molecule has 0 amide bonds. The van der Waals surface area contributed by atoms with Crippen molar-refractivity contribution in [2.45, 2.75) is 32.7 Å². The second-order valence-corrected chi connectivity index (χ2v) is 5.84. The number of aryl methyl sites for hydroxylation is 2. The standard InChI is InChI=1S/C16H21ClFN3/c1-10-15(11(2)21(4)20-10)9-14(19-3)8-12-7-13(17)5-6-16(12)18/h5-7,14,19H,8-9H2,1-4H3. The number of nitrogens with one attached hydrogen (secondary N) is 1. The quantitative estimate of drug-likeness (QED) is 0.919. The molecule has 1 heterocycles. The van der Waals surface area contributed by atoms with Crippen LogP contribution in [0.25, 0.3) is 0 Å². The minimum Gasteiger partial charge on any atom is -0.316 e. The summed E-state index contributed by atoms with van der Waals surface area (Å²) in [6, 6.07) is 4.83. The Morgan fingerprint density at radius 1 is 1.33 bits per heavy atom. The highest BCUT2D eigenvalue weighted by Crippen LogP contribution is 2.19. The van der Waals surface area contributed by atoms with Crippen molar-refractivity contribution in [1.29, 1.82) is 0 Å². The van der Waals surface area contributed by atoms with Gasteiger partial charge >= 0.3 is 0 Å². The molecule has 0 fully saturated rings. The van der Waals surface area contributed by atoms with E-state index in [-0.39, 0.29) is 11.9 Å². The van der Waals surface area contributed by atoms with Crippen molar-refractivity contribution in [1.82, 2.24) is 15.1 Å². The van der Waals surface area contributed by atoms with E-state index in [9.17, 15) is 4.39 Å². The Balaban J connectivity index is 2.19. The summed E-state index contributed by atoms with van der Waals surface area (Å²) in [5.41, 5.74) is 4.04. The van der Waals surface area contributed by atoms with Gasteiger partial charge in [0.2, 0.25) is 0 Å². The van der Waals surface area contributed by atoms with Gasteiger partial charge in [-0.05, 0) is 63.1 Å². The first-order valence-electron chi connectivity index (χ1n) is 7.02. The van der Waals surface area contributed by atoms with E-state index in [0.717, 1.165) is 17.8 Å². The van der Waals surface area contributed by atoms with Crippen LogP contribution in [0.5, 0.6) is 0 Å². The van der Waals surface area contributed by atoms with Crippen LogP contribution in [0.2, 0.25) is 5.02 Å². The summed E-state index contributed by atoms with van der Waals surface area (Å²) in [7, 11) is 3.84. The number of rotatable bonds is 5. The topological polar surface area (TPSA) is 29.9 Å². The number of hydrogen-bond donors (Lipinski definition) is 1. The first kappa shape index (κ1) is 16.0. The van der Waals surface area contributed by atoms with Gasteiger partial charge in [-0.15, -0.1) is 0 Å². The molecule has 0 radical (unpaired) electrons. The van der Waals surface area contributed by atoms with E-state index in [1.807, 2.05) is 25.7 Å². The maximum Gasteiger partial charge on any atom is 0.126 e. The molecule has 0 spiro atoms. The summed E-state index contributed by atoms with van der Waals surface area (Å²) < 4.78 is 15.8. The Morgan fingerprint density at radius 2 is 2.05 bits per heavy atom.